The summed E-state index contributed by atoms with van der Waals surface area (Å²) >= 11 is 8.99. The van der Waals surface area contributed by atoms with Gasteiger partial charge in [0.2, 0.25) is 0 Å². The van der Waals surface area contributed by atoms with Crippen LogP contribution in [0.2, 0.25) is 5.02 Å². The van der Waals surface area contributed by atoms with Crippen LogP contribution in [0.3, 0.4) is 0 Å². The molecule has 0 aliphatic heterocycles. The van der Waals surface area contributed by atoms with Crippen molar-refractivity contribution in [3.05, 3.63) is 63.0 Å². The third kappa shape index (κ3) is 3.57. The smallest absolute Gasteiger partial charge is 0.320 e. The molecule has 3 aromatic rings. The van der Waals surface area contributed by atoms with Crippen LogP contribution < -0.4 is 5.32 Å². The van der Waals surface area contributed by atoms with Crippen LogP contribution >= 0.6 is 27.5 Å². The fourth-order valence-electron chi connectivity index (χ4n) is 2.60. The Balaban J connectivity index is 2.07. The van der Waals surface area contributed by atoms with Gasteiger partial charge in [0.15, 0.2) is 0 Å². The Labute approximate surface area is 160 Å². The zero-order valence-electron chi connectivity index (χ0n) is 13.4. The number of aryl methyl sites for hydroxylation is 1. The molecule has 1 amide bonds. The van der Waals surface area contributed by atoms with E-state index in [1.165, 1.54) is 6.07 Å². The van der Waals surface area contributed by atoms with Gasteiger partial charge in [-0.2, -0.15) is 13.2 Å². The molecule has 1 aromatic carbocycles. The minimum atomic E-state index is -4.65. The lowest BCUT2D eigenvalue weighted by atomic mass is 10.1. The number of nitrogens with one attached hydrogen (secondary N) is 1. The Hall–Kier alpha value is -2.06. The molecule has 0 spiro atoms. The van der Waals surface area contributed by atoms with Gasteiger partial charge in [0.1, 0.15) is 11.3 Å². The van der Waals surface area contributed by atoms with Gasteiger partial charge in [0.25, 0.3) is 5.91 Å². The van der Waals surface area contributed by atoms with Crippen molar-refractivity contribution >= 4 is 44.8 Å². The van der Waals surface area contributed by atoms with Crippen LogP contribution in [-0.4, -0.2) is 15.3 Å². The molecule has 0 aliphatic rings. The van der Waals surface area contributed by atoms with Gasteiger partial charge in [-0.3, -0.25) is 9.20 Å². The number of carbonyl (C=O) groups is 1. The van der Waals surface area contributed by atoms with Crippen LogP contribution in [-0.2, 0) is 12.6 Å². The number of rotatable bonds is 3. The molecule has 1 N–H and O–H groups in total. The van der Waals surface area contributed by atoms with Crippen molar-refractivity contribution in [1.29, 1.82) is 0 Å². The van der Waals surface area contributed by atoms with Gasteiger partial charge in [0, 0.05) is 15.7 Å². The van der Waals surface area contributed by atoms with E-state index in [4.69, 9.17) is 11.6 Å². The predicted molar refractivity (Wildman–Crippen MR) is 96.7 cm³/mol. The summed E-state index contributed by atoms with van der Waals surface area (Å²) in [6.07, 6.45) is -2.55. The predicted octanol–water partition coefficient (Wildman–Crippen LogP) is 5.58. The number of aromatic nitrogens is 2. The Morgan fingerprint density at radius 1 is 1.31 bits per heavy atom. The summed E-state index contributed by atoms with van der Waals surface area (Å²) in [6.45, 7) is 1.82. The number of halogens is 5. The van der Waals surface area contributed by atoms with Crippen molar-refractivity contribution in [2.75, 3.05) is 5.32 Å². The van der Waals surface area contributed by atoms with Gasteiger partial charge >= 0.3 is 6.18 Å². The highest BCUT2D eigenvalue weighted by atomic mass is 79.9. The SMILES string of the molecule is CCc1nc2ccc(Br)cn2c1C(=O)Nc1ccc(Cl)cc1C(F)(F)F. The molecule has 0 saturated heterocycles. The first-order valence-corrected chi connectivity index (χ1v) is 8.72. The highest BCUT2D eigenvalue weighted by molar-refractivity contribution is 9.10. The van der Waals surface area contributed by atoms with Gasteiger partial charge in [-0.15, -0.1) is 0 Å². The zero-order valence-corrected chi connectivity index (χ0v) is 15.7. The number of pyridine rings is 1. The van der Waals surface area contributed by atoms with Gasteiger partial charge < -0.3 is 5.32 Å². The van der Waals surface area contributed by atoms with Crippen molar-refractivity contribution in [2.45, 2.75) is 19.5 Å². The van der Waals surface area contributed by atoms with Crippen molar-refractivity contribution in [3.8, 4) is 0 Å². The van der Waals surface area contributed by atoms with Gasteiger partial charge in [-0.05, 0) is 52.7 Å². The number of anilines is 1. The normalized spacial score (nSPS) is 11.8. The van der Waals surface area contributed by atoms with Crippen LogP contribution in [0, 0.1) is 0 Å². The average molecular weight is 447 g/mol. The summed E-state index contributed by atoms with van der Waals surface area (Å²) in [5, 5.41) is 2.27. The Kier molecular flexibility index (Phi) is 4.98. The summed E-state index contributed by atoms with van der Waals surface area (Å²) in [6, 6.07) is 6.68. The molecule has 0 saturated carbocycles. The van der Waals surface area contributed by atoms with Crippen molar-refractivity contribution in [3.63, 3.8) is 0 Å². The van der Waals surface area contributed by atoms with E-state index in [1.54, 1.807) is 22.7 Å². The summed E-state index contributed by atoms with van der Waals surface area (Å²) in [7, 11) is 0. The molecule has 0 atom stereocenters. The third-order valence-corrected chi connectivity index (χ3v) is 4.44. The van der Waals surface area contributed by atoms with E-state index in [9.17, 15) is 18.0 Å². The molecule has 136 valence electrons. The standard InChI is InChI=1S/C17H12BrClF3N3O/c1-2-12-15(25-8-9(18)3-6-14(25)23-12)16(26)24-13-5-4-10(19)7-11(13)17(20,21)22/h3-8H,2H2,1H3,(H,24,26). The molecule has 0 aliphatic carbocycles. The molecule has 2 heterocycles. The van der Waals surface area contributed by atoms with Crippen LogP contribution in [0.4, 0.5) is 18.9 Å². The first kappa shape index (κ1) is 18.7. The zero-order chi connectivity index (χ0) is 19.1. The first-order chi connectivity index (χ1) is 12.2. The summed E-state index contributed by atoms with van der Waals surface area (Å²) < 4.78 is 42.0. The Morgan fingerprint density at radius 2 is 2.04 bits per heavy atom. The van der Waals surface area contributed by atoms with E-state index in [1.807, 2.05) is 6.92 Å². The number of nitrogens with zero attached hydrogens (tertiary/aromatic N) is 2. The van der Waals surface area contributed by atoms with Crippen molar-refractivity contribution in [1.82, 2.24) is 9.38 Å². The Morgan fingerprint density at radius 3 is 2.69 bits per heavy atom. The molecule has 3 rings (SSSR count). The summed E-state index contributed by atoms with van der Waals surface area (Å²) in [5.41, 5.74) is -0.164. The van der Waals surface area contributed by atoms with E-state index >= 15 is 0 Å². The van der Waals surface area contributed by atoms with E-state index in [0.717, 1.165) is 12.1 Å². The summed E-state index contributed by atoms with van der Waals surface area (Å²) in [5.74, 6) is -0.680. The molecular formula is C17H12BrClF3N3O. The lowest BCUT2D eigenvalue weighted by Crippen LogP contribution is -2.19. The summed E-state index contributed by atoms with van der Waals surface area (Å²) in [4.78, 5) is 17.1. The number of fused-ring (bicyclic) bond motifs is 1. The van der Waals surface area contributed by atoms with Gasteiger partial charge in [-0.25, -0.2) is 4.98 Å². The minimum Gasteiger partial charge on any atom is -0.320 e. The van der Waals surface area contributed by atoms with Crippen LogP contribution in [0.1, 0.15) is 28.7 Å². The highest BCUT2D eigenvalue weighted by Gasteiger charge is 2.34. The van der Waals surface area contributed by atoms with E-state index in [-0.39, 0.29) is 16.4 Å². The quantitative estimate of drug-likeness (QED) is 0.571. The van der Waals surface area contributed by atoms with E-state index in [0.29, 0.717) is 22.2 Å². The minimum absolute atomic E-state index is 0.0664. The molecule has 0 bridgehead atoms. The molecular weight excluding hydrogens is 435 g/mol. The lowest BCUT2D eigenvalue weighted by molar-refractivity contribution is -0.136. The third-order valence-electron chi connectivity index (χ3n) is 3.74. The number of hydrogen-bond donors (Lipinski definition) is 1. The maximum atomic E-state index is 13.2. The number of hydrogen-bond acceptors (Lipinski definition) is 2. The number of carbonyl (C=O) groups excluding carboxylic acids is 1. The number of imidazole rings is 1. The first-order valence-electron chi connectivity index (χ1n) is 7.55. The molecule has 9 heteroatoms. The largest absolute Gasteiger partial charge is 0.418 e. The van der Waals surface area contributed by atoms with Crippen LogP contribution in [0.5, 0.6) is 0 Å². The topological polar surface area (TPSA) is 46.4 Å². The second-order valence-corrected chi connectivity index (χ2v) is 6.83. The van der Waals surface area contributed by atoms with Gasteiger partial charge in [0.05, 0.1) is 16.9 Å². The number of alkyl halides is 3. The molecule has 26 heavy (non-hydrogen) atoms. The lowest BCUT2D eigenvalue weighted by Gasteiger charge is -2.14. The number of benzene rings is 1. The maximum absolute atomic E-state index is 13.2. The maximum Gasteiger partial charge on any atom is 0.418 e. The van der Waals surface area contributed by atoms with Crippen molar-refractivity contribution in [2.24, 2.45) is 0 Å². The molecule has 0 fully saturated rings. The molecule has 0 unspecified atom stereocenters. The Bertz CT molecular complexity index is 1000. The van der Waals surface area contributed by atoms with Crippen LogP contribution in [0.25, 0.3) is 5.65 Å². The van der Waals surface area contributed by atoms with E-state index in [2.05, 4.69) is 26.2 Å². The number of amides is 1. The highest BCUT2D eigenvalue weighted by Crippen LogP contribution is 2.36. The molecule has 4 nitrogen and oxygen atoms in total. The van der Waals surface area contributed by atoms with E-state index < -0.39 is 17.6 Å². The monoisotopic (exact) mass is 445 g/mol. The van der Waals surface area contributed by atoms with Crippen molar-refractivity contribution < 1.29 is 18.0 Å². The molecule has 0 radical (unpaired) electrons. The van der Waals surface area contributed by atoms with Gasteiger partial charge in [-0.1, -0.05) is 18.5 Å². The second-order valence-electron chi connectivity index (χ2n) is 5.48. The van der Waals surface area contributed by atoms with Crippen LogP contribution in [0.15, 0.2) is 41.0 Å². The second kappa shape index (κ2) is 6.92. The average Bonchev–Trinajstić information content (AvgIpc) is 2.93. The fourth-order valence-corrected chi connectivity index (χ4v) is 3.10. The molecule has 2 aromatic heterocycles. The fraction of sp³-hybridized carbons (Fsp3) is 0.176.